The fourth-order valence-electron chi connectivity index (χ4n) is 3.61. The molecule has 0 atom stereocenters. The summed E-state index contributed by atoms with van der Waals surface area (Å²) in [6.07, 6.45) is 0. The molecule has 4 rings (SSSR count). The van der Waals surface area contributed by atoms with E-state index in [0.717, 1.165) is 11.1 Å². The molecule has 0 unspecified atom stereocenters. The van der Waals surface area contributed by atoms with Gasteiger partial charge < -0.3 is 9.64 Å². The summed E-state index contributed by atoms with van der Waals surface area (Å²) in [5, 5.41) is 0. The Hall–Kier alpha value is -3.16. The average molecular weight is 451 g/mol. The zero-order valence-electron chi connectivity index (χ0n) is 18.0. The molecule has 0 saturated carbocycles. The van der Waals surface area contributed by atoms with Gasteiger partial charge in [0.1, 0.15) is 12.4 Å². The maximum atomic E-state index is 12.9. The number of carbonyl (C=O) groups excluding carboxylic acids is 1. The Kier molecular flexibility index (Phi) is 6.58. The van der Waals surface area contributed by atoms with E-state index in [4.69, 9.17) is 4.74 Å². The maximum absolute atomic E-state index is 12.9. The van der Waals surface area contributed by atoms with Gasteiger partial charge in [0.05, 0.1) is 4.90 Å². The highest BCUT2D eigenvalue weighted by Gasteiger charge is 2.30. The van der Waals surface area contributed by atoms with Crippen LogP contribution in [0.25, 0.3) is 0 Å². The van der Waals surface area contributed by atoms with Crippen LogP contribution in [-0.2, 0) is 16.6 Å². The van der Waals surface area contributed by atoms with E-state index in [-0.39, 0.29) is 23.9 Å². The largest absolute Gasteiger partial charge is 0.489 e. The second-order valence-electron chi connectivity index (χ2n) is 7.81. The summed E-state index contributed by atoms with van der Waals surface area (Å²) in [4.78, 5) is 14.9. The van der Waals surface area contributed by atoms with E-state index in [1.165, 1.54) is 4.31 Å². The Morgan fingerprint density at radius 3 is 2.09 bits per heavy atom. The zero-order chi connectivity index (χ0) is 22.6. The summed E-state index contributed by atoms with van der Waals surface area (Å²) in [7, 11) is -3.55. The van der Waals surface area contributed by atoms with Gasteiger partial charge in [0.2, 0.25) is 10.0 Å². The first-order chi connectivity index (χ1) is 15.4. The van der Waals surface area contributed by atoms with E-state index >= 15 is 0 Å². The second-order valence-corrected chi connectivity index (χ2v) is 9.75. The third-order valence-corrected chi connectivity index (χ3v) is 7.45. The summed E-state index contributed by atoms with van der Waals surface area (Å²) in [5.74, 6) is 0.589. The Labute approximate surface area is 189 Å². The van der Waals surface area contributed by atoms with Gasteiger partial charge in [-0.1, -0.05) is 48.0 Å². The molecule has 0 spiro atoms. The molecule has 1 aliphatic heterocycles. The highest BCUT2D eigenvalue weighted by molar-refractivity contribution is 7.89. The van der Waals surface area contributed by atoms with Gasteiger partial charge in [0.15, 0.2) is 0 Å². The van der Waals surface area contributed by atoms with Crippen molar-refractivity contribution in [3.05, 3.63) is 95.6 Å². The summed E-state index contributed by atoms with van der Waals surface area (Å²) >= 11 is 0. The number of sulfonamides is 1. The number of benzene rings is 3. The third-order valence-electron chi connectivity index (χ3n) is 5.53. The van der Waals surface area contributed by atoms with Crippen molar-refractivity contribution in [2.24, 2.45) is 0 Å². The first-order valence-electron chi connectivity index (χ1n) is 10.6. The van der Waals surface area contributed by atoms with Crippen LogP contribution in [0.3, 0.4) is 0 Å². The molecule has 32 heavy (non-hydrogen) atoms. The molecule has 7 heteroatoms. The van der Waals surface area contributed by atoms with E-state index in [2.05, 4.69) is 0 Å². The standard InChI is InChI=1S/C25H26N2O4S/c1-20-7-13-24(14-8-20)32(29,30)27-17-15-26(16-18-27)25(28)22-9-11-23(12-10-22)31-19-21-5-3-2-4-6-21/h2-14H,15-19H2,1H3. The quantitative estimate of drug-likeness (QED) is 0.574. The Bertz CT molecular complexity index is 1150. The molecule has 1 aliphatic rings. The lowest BCUT2D eigenvalue weighted by atomic mass is 10.1. The van der Waals surface area contributed by atoms with Gasteiger partial charge in [-0.15, -0.1) is 0 Å². The first kappa shape index (κ1) is 22.0. The molecule has 0 aliphatic carbocycles. The normalized spacial score (nSPS) is 14.8. The van der Waals surface area contributed by atoms with Gasteiger partial charge in [0.25, 0.3) is 5.91 Å². The van der Waals surface area contributed by atoms with Crippen molar-refractivity contribution in [3.8, 4) is 5.75 Å². The van der Waals surface area contributed by atoms with Gasteiger partial charge in [-0.3, -0.25) is 4.79 Å². The van der Waals surface area contributed by atoms with Crippen molar-refractivity contribution >= 4 is 15.9 Å². The van der Waals surface area contributed by atoms with Gasteiger partial charge in [-0.2, -0.15) is 4.31 Å². The van der Waals surface area contributed by atoms with Crippen LogP contribution in [0.4, 0.5) is 0 Å². The van der Waals surface area contributed by atoms with Crippen molar-refractivity contribution in [1.82, 2.24) is 9.21 Å². The highest BCUT2D eigenvalue weighted by atomic mass is 32.2. The topological polar surface area (TPSA) is 66.9 Å². The smallest absolute Gasteiger partial charge is 0.253 e. The Balaban J connectivity index is 1.33. The zero-order valence-corrected chi connectivity index (χ0v) is 18.8. The molecule has 1 fully saturated rings. The Morgan fingerprint density at radius 2 is 1.47 bits per heavy atom. The Morgan fingerprint density at radius 1 is 0.844 bits per heavy atom. The van der Waals surface area contributed by atoms with Crippen LogP contribution in [0.5, 0.6) is 5.75 Å². The SMILES string of the molecule is Cc1ccc(S(=O)(=O)N2CCN(C(=O)c3ccc(OCc4ccccc4)cc3)CC2)cc1. The minimum absolute atomic E-state index is 0.105. The van der Waals surface area contributed by atoms with Gasteiger partial charge in [-0.05, 0) is 48.9 Å². The van der Waals surface area contributed by atoms with E-state index in [1.54, 1.807) is 53.4 Å². The highest BCUT2D eigenvalue weighted by Crippen LogP contribution is 2.20. The lowest BCUT2D eigenvalue weighted by Gasteiger charge is -2.34. The predicted octanol–water partition coefficient (Wildman–Crippen LogP) is 3.72. The van der Waals surface area contributed by atoms with E-state index in [0.29, 0.717) is 31.0 Å². The molecular formula is C25H26N2O4S. The molecule has 0 aromatic heterocycles. The number of hydrogen-bond donors (Lipinski definition) is 0. The fourth-order valence-corrected chi connectivity index (χ4v) is 5.03. The number of rotatable bonds is 6. The number of aryl methyl sites for hydroxylation is 1. The van der Waals surface area contributed by atoms with Crippen LogP contribution in [-0.4, -0.2) is 49.7 Å². The average Bonchev–Trinajstić information content (AvgIpc) is 2.84. The lowest BCUT2D eigenvalue weighted by molar-refractivity contribution is 0.0698. The van der Waals surface area contributed by atoms with E-state index in [1.807, 2.05) is 37.3 Å². The van der Waals surface area contributed by atoms with Crippen LogP contribution in [0.2, 0.25) is 0 Å². The van der Waals surface area contributed by atoms with Crippen molar-refractivity contribution in [2.45, 2.75) is 18.4 Å². The maximum Gasteiger partial charge on any atom is 0.253 e. The molecule has 0 bridgehead atoms. The van der Waals surface area contributed by atoms with Crippen LogP contribution in [0.15, 0.2) is 83.8 Å². The monoisotopic (exact) mass is 450 g/mol. The molecule has 3 aromatic rings. The number of carbonyl (C=O) groups is 1. The summed E-state index contributed by atoms with van der Waals surface area (Å²) in [6.45, 7) is 3.65. The van der Waals surface area contributed by atoms with Gasteiger partial charge in [0, 0.05) is 31.7 Å². The molecule has 0 N–H and O–H groups in total. The van der Waals surface area contributed by atoms with Crippen LogP contribution in [0.1, 0.15) is 21.5 Å². The molecule has 0 radical (unpaired) electrons. The number of ether oxygens (including phenoxy) is 1. The molecular weight excluding hydrogens is 424 g/mol. The predicted molar refractivity (Wildman–Crippen MR) is 123 cm³/mol. The second kappa shape index (κ2) is 9.54. The fraction of sp³-hybridized carbons (Fsp3) is 0.240. The molecule has 3 aromatic carbocycles. The summed E-state index contributed by atoms with van der Waals surface area (Å²) in [6, 6.07) is 23.8. The molecule has 1 heterocycles. The van der Waals surface area contributed by atoms with E-state index < -0.39 is 10.0 Å². The van der Waals surface area contributed by atoms with Crippen LogP contribution < -0.4 is 4.74 Å². The summed E-state index contributed by atoms with van der Waals surface area (Å²) < 4.78 is 32.9. The van der Waals surface area contributed by atoms with E-state index in [9.17, 15) is 13.2 Å². The minimum Gasteiger partial charge on any atom is -0.489 e. The summed E-state index contributed by atoms with van der Waals surface area (Å²) in [5.41, 5.74) is 2.65. The number of hydrogen-bond acceptors (Lipinski definition) is 4. The first-order valence-corrected chi connectivity index (χ1v) is 12.0. The lowest BCUT2D eigenvalue weighted by Crippen LogP contribution is -2.50. The van der Waals surface area contributed by atoms with Crippen molar-refractivity contribution in [3.63, 3.8) is 0 Å². The van der Waals surface area contributed by atoms with Crippen molar-refractivity contribution < 1.29 is 17.9 Å². The molecule has 166 valence electrons. The van der Waals surface area contributed by atoms with Gasteiger partial charge >= 0.3 is 0 Å². The van der Waals surface area contributed by atoms with Crippen LogP contribution in [0, 0.1) is 6.92 Å². The number of piperazine rings is 1. The molecule has 6 nitrogen and oxygen atoms in total. The number of amides is 1. The van der Waals surface area contributed by atoms with Crippen molar-refractivity contribution in [1.29, 1.82) is 0 Å². The molecule has 1 saturated heterocycles. The van der Waals surface area contributed by atoms with Crippen molar-refractivity contribution in [2.75, 3.05) is 26.2 Å². The van der Waals surface area contributed by atoms with Crippen LogP contribution >= 0.6 is 0 Å². The third kappa shape index (κ3) is 5.00. The number of nitrogens with zero attached hydrogens (tertiary/aromatic N) is 2. The van der Waals surface area contributed by atoms with Gasteiger partial charge in [-0.25, -0.2) is 8.42 Å². The molecule has 1 amide bonds. The minimum atomic E-state index is -3.55.